The number of aryl methyl sites for hydroxylation is 2. The van der Waals surface area contributed by atoms with Crippen molar-refractivity contribution in [3.63, 3.8) is 0 Å². The van der Waals surface area contributed by atoms with Gasteiger partial charge in [0.25, 0.3) is 0 Å². The standard InChI is InChI=1S/C8H10.C3H6O/c1-7-4-3-5-8(2)6-7;1-3(2)4/h3-6H,1-2H3;1-2H3. The summed E-state index contributed by atoms with van der Waals surface area (Å²) < 4.78 is 0. The lowest BCUT2D eigenvalue weighted by atomic mass is 10.2. The predicted octanol–water partition coefficient (Wildman–Crippen LogP) is 2.90. The van der Waals surface area contributed by atoms with E-state index in [0.717, 1.165) is 0 Å². The summed E-state index contributed by atoms with van der Waals surface area (Å²) in [5, 5.41) is 0. The lowest BCUT2D eigenvalue weighted by Gasteiger charge is -1.90. The van der Waals surface area contributed by atoms with Crippen molar-refractivity contribution in [2.24, 2.45) is 0 Å². The van der Waals surface area contributed by atoms with E-state index in [1.54, 1.807) is 0 Å². The summed E-state index contributed by atoms with van der Waals surface area (Å²) in [6.07, 6.45) is 0. The Balaban J connectivity index is 0.000000261. The molecule has 0 amide bonds. The van der Waals surface area contributed by atoms with Gasteiger partial charge in [-0.25, -0.2) is 0 Å². The normalized spacial score (nSPS) is 8.33. The zero-order chi connectivity index (χ0) is 9.56. The number of hydrogen-bond acceptors (Lipinski definition) is 1. The van der Waals surface area contributed by atoms with Gasteiger partial charge in [-0.2, -0.15) is 0 Å². The van der Waals surface area contributed by atoms with Gasteiger partial charge in [0.1, 0.15) is 5.78 Å². The van der Waals surface area contributed by atoms with Crippen molar-refractivity contribution >= 4 is 5.78 Å². The van der Waals surface area contributed by atoms with Gasteiger partial charge < -0.3 is 4.79 Å². The van der Waals surface area contributed by atoms with Crippen LogP contribution in [0.15, 0.2) is 24.3 Å². The molecule has 1 nitrogen and oxygen atoms in total. The van der Waals surface area contributed by atoms with Crippen molar-refractivity contribution in [2.45, 2.75) is 27.7 Å². The van der Waals surface area contributed by atoms with Crippen molar-refractivity contribution < 1.29 is 4.79 Å². The minimum Gasteiger partial charge on any atom is -0.300 e. The second kappa shape index (κ2) is 5.53. The summed E-state index contributed by atoms with van der Waals surface area (Å²) in [4.78, 5) is 9.44. The highest BCUT2D eigenvalue weighted by Crippen LogP contribution is 2.00. The summed E-state index contributed by atoms with van der Waals surface area (Å²) in [6, 6.07) is 8.45. The van der Waals surface area contributed by atoms with Crippen LogP contribution in [0, 0.1) is 13.8 Å². The largest absolute Gasteiger partial charge is 0.300 e. The fraction of sp³-hybridized carbons (Fsp3) is 0.364. The molecule has 0 saturated heterocycles. The second-order valence-electron chi connectivity index (χ2n) is 3.07. The van der Waals surface area contributed by atoms with Gasteiger partial charge in [0.2, 0.25) is 0 Å². The molecule has 66 valence electrons. The minimum atomic E-state index is 0.167. The molecule has 12 heavy (non-hydrogen) atoms. The van der Waals surface area contributed by atoms with Gasteiger partial charge in [0.15, 0.2) is 0 Å². The molecule has 0 aromatic heterocycles. The van der Waals surface area contributed by atoms with Crippen molar-refractivity contribution in [2.75, 3.05) is 0 Å². The van der Waals surface area contributed by atoms with Gasteiger partial charge in [-0.3, -0.25) is 0 Å². The third-order valence-electron chi connectivity index (χ3n) is 1.17. The molecule has 0 heterocycles. The number of hydrogen-bond donors (Lipinski definition) is 0. The van der Waals surface area contributed by atoms with E-state index in [9.17, 15) is 4.79 Å². The van der Waals surface area contributed by atoms with Gasteiger partial charge in [-0.05, 0) is 27.7 Å². The summed E-state index contributed by atoms with van der Waals surface area (Å²) >= 11 is 0. The van der Waals surface area contributed by atoms with Crippen molar-refractivity contribution in [1.82, 2.24) is 0 Å². The van der Waals surface area contributed by atoms with Crippen LogP contribution in [0.5, 0.6) is 0 Å². The van der Waals surface area contributed by atoms with Crippen LogP contribution in [0.25, 0.3) is 0 Å². The topological polar surface area (TPSA) is 17.1 Å². The first-order valence-electron chi connectivity index (χ1n) is 4.03. The smallest absolute Gasteiger partial charge is 0.126 e. The van der Waals surface area contributed by atoms with Crippen LogP contribution in [0.3, 0.4) is 0 Å². The van der Waals surface area contributed by atoms with E-state index in [4.69, 9.17) is 0 Å². The second-order valence-corrected chi connectivity index (χ2v) is 3.07. The van der Waals surface area contributed by atoms with E-state index in [1.807, 2.05) is 0 Å². The maximum atomic E-state index is 9.44. The molecular formula is C11H16O. The molecule has 1 rings (SSSR count). The van der Waals surface area contributed by atoms with Gasteiger partial charge in [-0.15, -0.1) is 0 Å². The number of rotatable bonds is 0. The average Bonchev–Trinajstić information content (AvgIpc) is 1.84. The summed E-state index contributed by atoms with van der Waals surface area (Å²) in [6.45, 7) is 7.26. The number of benzene rings is 1. The molecule has 1 heteroatoms. The van der Waals surface area contributed by atoms with Crippen LogP contribution < -0.4 is 0 Å². The average molecular weight is 164 g/mol. The van der Waals surface area contributed by atoms with E-state index in [-0.39, 0.29) is 5.78 Å². The van der Waals surface area contributed by atoms with Gasteiger partial charge in [-0.1, -0.05) is 35.4 Å². The zero-order valence-electron chi connectivity index (χ0n) is 8.22. The van der Waals surface area contributed by atoms with Crippen LogP contribution in [-0.4, -0.2) is 5.78 Å². The molecule has 0 aliphatic carbocycles. The quantitative estimate of drug-likeness (QED) is 0.576. The Morgan fingerprint density at radius 2 is 1.42 bits per heavy atom. The van der Waals surface area contributed by atoms with Crippen LogP contribution in [-0.2, 0) is 4.79 Å². The number of ketones is 1. The van der Waals surface area contributed by atoms with E-state index < -0.39 is 0 Å². The summed E-state index contributed by atoms with van der Waals surface area (Å²) in [5.74, 6) is 0.167. The Kier molecular flexibility index (Phi) is 5.02. The third kappa shape index (κ3) is 7.00. The molecule has 0 spiro atoms. The van der Waals surface area contributed by atoms with Gasteiger partial charge >= 0.3 is 0 Å². The highest BCUT2D eigenvalue weighted by atomic mass is 16.1. The fourth-order valence-corrected chi connectivity index (χ4v) is 0.807. The van der Waals surface area contributed by atoms with Crippen LogP contribution >= 0.6 is 0 Å². The fourth-order valence-electron chi connectivity index (χ4n) is 0.807. The third-order valence-corrected chi connectivity index (χ3v) is 1.17. The Bertz CT molecular complexity index is 230. The van der Waals surface area contributed by atoms with Crippen LogP contribution in [0.1, 0.15) is 25.0 Å². The summed E-state index contributed by atoms with van der Waals surface area (Å²) in [5.41, 5.74) is 2.68. The highest BCUT2D eigenvalue weighted by molar-refractivity contribution is 5.72. The monoisotopic (exact) mass is 164 g/mol. The van der Waals surface area contributed by atoms with Gasteiger partial charge in [0, 0.05) is 0 Å². The van der Waals surface area contributed by atoms with E-state index in [1.165, 1.54) is 25.0 Å². The maximum Gasteiger partial charge on any atom is 0.126 e. The molecule has 0 bridgehead atoms. The Labute approximate surface area is 74.4 Å². The van der Waals surface area contributed by atoms with Crippen LogP contribution in [0.2, 0.25) is 0 Å². The maximum absolute atomic E-state index is 9.44. The zero-order valence-corrected chi connectivity index (χ0v) is 8.22. The molecule has 0 aliphatic rings. The lowest BCUT2D eigenvalue weighted by Crippen LogP contribution is -1.71. The highest BCUT2D eigenvalue weighted by Gasteiger charge is 1.80. The summed E-state index contributed by atoms with van der Waals surface area (Å²) in [7, 11) is 0. The van der Waals surface area contributed by atoms with E-state index >= 15 is 0 Å². The van der Waals surface area contributed by atoms with Gasteiger partial charge in [0.05, 0.1) is 0 Å². The predicted molar refractivity (Wildman–Crippen MR) is 52.3 cm³/mol. The van der Waals surface area contributed by atoms with Crippen molar-refractivity contribution in [3.05, 3.63) is 35.4 Å². The Morgan fingerprint density at radius 3 is 1.58 bits per heavy atom. The van der Waals surface area contributed by atoms with Crippen molar-refractivity contribution in [3.8, 4) is 0 Å². The first kappa shape index (κ1) is 10.9. The molecule has 0 fully saturated rings. The molecule has 0 saturated carbocycles. The molecule has 0 aliphatic heterocycles. The molecule has 1 aromatic carbocycles. The van der Waals surface area contributed by atoms with E-state index in [0.29, 0.717) is 0 Å². The minimum absolute atomic E-state index is 0.167. The first-order chi connectivity index (χ1) is 5.52. The number of Topliss-reactive ketones (excluding diaryl/α,β-unsaturated/α-hetero) is 1. The molecular weight excluding hydrogens is 148 g/mol. The van der Waals surface area contributed by atoms with Crippen LogP contribution in [0.4, 0.5) is 0 Å². The number of carbonyl (C=O) groups is 1. The first-order valence-corrected chi connectivity index (χ1v) is 4.03. The molecule has 1 aromatic rings. The molecule has 0 radical (unpaired) electrons. The molecule has 0 N–H and O–H groups in total. The lowest BCUT2D eigenvalue weighted by molar-refractivity contribution is -0.114. The van der Waals surface area contributed by atoms with Crippen molar-refractivity contribution in [1.29, 1.82) is 0 Å². The molecule has 0 unspecified atom stereocenters. The SMILES string of the molecule is CC(C)=O.Cc1cccc(C)c1. The number of carbonyl (C=O) groups excluding carboxylic acids is 1. The Hall–Kier alpha value is -1.11. The van der Waals surface area contributed by atoms with E-state index in [2.05, 4.69) is 38.1 Å². The molecule has 0 atom stereocenters. The Morgan fingerprint density at radius 1 is 1.08 bits per heavy atom.